The molecule has 0 spiro atoms. The largest absolute Gasteiger partial charge is 0.392 e. The van der Waals surface area contributed by atoms with Crippen LogP contribution in [0.1, 0.15) is 34.2 Å². The maximum atomic E-state index is 10.1. The van der Waals surface area contributed by atoms with Crippen LogP contribution in [-0.4, -0.2) is 24.3 Å². The summed E-state index contributed by atoms with van der Waals surface area (Å²) in [6, 6.07) is 2.31. The molecule has 1 aliphatic rings. The van der Waals surface area contributed by atoms with Crippen LogP contribution in [-0.2, 0) is 6.42 Å². The van der Waals surface area contributed by atoms with Crippen LogP contribution < -0.4 is 5.32 Å². The maximum absolute atomic E-state index is 10.1. The number of aliphatic hydroxyl groups is 1. The Morgan fingerprint density at radius 3 is 2.56 bits per heavy atom. The van der Waals surface area contributed by atoms with Crippen molar-refractivity contribution in [3.8, 4) is 0 Å². The van der Waals surface area contributed by atoms with E-state index in [4.69, 9.17) is 0 Å². The fraction of sp³-hybridized carbons (Fsp3) is 0.625. The van der Waals surface area contributed by atoms with E-state index in [0.29, 0.717) is 5.92 Å². The lowest BCUT2D eigenvalue weighted by atomic mass is 9.84. The van der Waals surface area contributed by atoms with Gasteiger partial charge in [-0.05, 0) is 80.8 Å². The Hall–Kier alpha value is -0.860. The van der Waals surface area contributed by atoms with Crippen molar-refractivity contribution in [1.29, 1.82) is 0 Å². The summed E-state index contributed by atoms with van der Waals surface area (Å²) in [7, 11) is 0. The van der Waals surface area contributed by atoms with E-state index < -0.39 is 0 Å². The van der Waals surface area contributed by atoms with E-state index in [2.05, 4.69) is 39.1 Å². The van der Waals surface area contributed by atoms with Crippen LogP contribution in [0, 0.1) is 33.6 Å². The molecular weight excluding hydrogens is 222 g/mol. The summed E-state index contributed by atoms with van der Waals surface area (Å²) in [5, 5.41) is 13.3. The Labute approximate surface area is 110 Å². The molecule has 0 unspecified atom stereocenters. The third kappa shape index (κ3) is 2.60. The highest BCUT2D eigenvalue weighted by atomic mass is 16.3. The van der Waals surface area contributed by atoms with Gasteiger partial charge in [-0.1, -0.05) is 6.07 Å². The molecule has 1 aromatic carbocycles. The third-order valence-electron chi connectivity index (χ3n) is 4.66. The number of benzene rings is 1. The third-order valence-corrected chi connectivity index (χ3v) is 4.66. The SMILES string of the molecule is Cc1cc(C[C@H]2CCNC[C@H]2O)c(C)c(C)c1C. The van der Waals surface area contributed by atoms with Crippen LogP contribution in [0.5, 0.6) is 0 Å². The van der Waals surface area contributed by atoms with E-state index in [1.165, 1.54) is 27.8 Å². The van der Waals surface area contributed by atoms with Crippen LogP contribution in [0.2, 0.25) is 0 Å². The highest BCUT2D eigenvalue weighted by Crippen LogP contribution is 2.26. The van der Waals surface area contributed by atoms with Gasteiger partial charge in [0.15, 0.2) is 0 Å². The normalized spacial score (nSPS) is 24.3. The van der Waals surface area contributed by atoms with E-state index in [-0.39, 0.29) is 6.10 Å². The lowest BCUT2D eigenvalue weighted by Gasteiger charge is -2.29. The Bertz CT molecular complexity index is 439. The van der Waals surface area contributed by atoms with Gasteiger partial charge < -0.3 is 10.4 Å². The molecule has 1 saturated heterocycles. The molecule has 18 heavy (non-hydrogen) atoms. The number of hydrogen-bond donors (Lipinski definition) is 2. The first kappa shape index (κ1) is 13.6. The predicted molar refractivity (Wildman–Crippen MR) is 76.1 cm³/mol. The molecule has 2 N–H and O–H groups in total. The quantitative estimate of drug-likeness (QED) is 0.841. The molecule has 1 aliphatic heterocycles. The molecule has 0 aromatic heterocycles. The number of hydrogen-bond acceptors (Lipinski definition) is 2. The van der Waals surface area contributed by atoms with Crippen molar-refractivity contribution in [3.05, 3.63) is 33.9 Å². The molecule has 2 nitrogen and oxygen atoms in total. The smallest absolute Gasteiger partial charge is 0.0696 e. The van der Waals surface area contributed by atoms with Gasteiger partial charge in [0, 0.05) is 6.54 Å². The fourth-order valence-electron chi connectivity index (χ4n) is 2.92. The molecule has 0 aliphatic carbocycles. The van der Waals surface area contributed by atoms with Crippen LogP contribution in [0.3, 0.4) is 0 Å². The second-order valence-electron chi connectivity index (χ2n) is 5.75. The molecule has 1 aromatic rings. The molecule has 100 valence electrons. The summed E-state index contributed by atoms with van der Waals surface area (Å²) in [4.78, 5) is 0. The molecule has 0 amide bonds. The molecule has 2 atom stereocenters. The Balaban J connectivity index is 2.23. The van der Waals surface area contributed by atoms with Crippen molar-refractivity contribution in [2.24, 2.45) is 5.92 Å². The van der Waals surface area contributed by atoms with E-state index in [1.807, 2.05) is 0 Å². The summed E-state index contributed by atoms with van der Waals surface area (Å²) < 4.78 is 0. The van der Waals surface area contributed by atoms with Gasteiger partial charge in [0.2, 0.25) is 0 Å². The van der Waals surface area contributed by atoms with Gasteiger partial charge in [0.25, 0.3) is 0 Å². The van der Waals surface area contributed by atoms with Crippen LogP contribution in [0.25, 0.3) is 0 Å². The standard InChI is InChI=1S/C16H25NO/c1-10-7-15(13(4)12(3)11(10)2)8-14-5-6-17-9-16(14)18/h7,14,16-18H,5-6,8-9H2,1-4H3/t14-,16-/m1/s1. The van der Waals surface area contributed by atoms with Crippen molar-refractivity contribution in [2.75, 3.05) is 13.1 Å². The summed E-state index contributed by atoms with van der Waals surface area (Å²) in [5.41, 5.74) is 7.01. The average molecular weight is 247 g/mol. The number of piperidine rings is 1. The van der Waals surface area contributed by atoms with Gasteiger partial charge in [-0.25, -0.2) is 0 Å². The number of aryl methyl sites for hydroxylation is 1. The van der Waals surface area contributed by atoms with Crippen molar-refractivity contribution in [2.45, 2.75) is 46.6 Å². The topological polar surface area (TPSA) is 32.3 Å². The predicted octanol–water partition coefficient (Wildman–Crippen LogP) is 2.43. The Kier molecular flexibility index (Phi) is 4.08. The van der Waals surface area contributed by atoms with Gasteiger partial charge in [0.05, 0.1) is 6.10 Å². The molecule has 1 fully saturated rings. The minimum absolute atomic E-state index is 0.194. The zero-order valence-corrected chi connectivity index (χ0v) is 12.0. The highest BCUT2D eigenvalue weighted by molar-refractivity contribution is 5.43. The summed E-state index contributed by atoms with van der Waals surface area (Å²) in [5.74, 6) is 0.409. The second-order valence-corrected chi connectivity index (χ2v) is 5.75. The van der Waals surface area contributed by atoms with Crippen molar-refractivity contribution in [1.82, 2.24) is 5.32 Å². The number of β-amino-alcohol motifs (C(OH)–C–C–N with tert-alkyl or cyclic N) is 1. The van der Waals surface area contributed by atoms with Crippen molar-refractivity contribution in [3.63, 3.8) is 0 Å². The lowest BCUT2D eigenvalue weighted by Crippen LogP contribution is -2.41. The first-order valence-electron chi connectivity index (χ1n) is 6.95. The zero-order chi connectivity index (χ0) is 13.3. The van der Waals surface area contributed by atoms with E-state index in [1.54, 1.807) is 0 Å². The first-order chi connectivity index (χ1) is 8.50. The Morgan fingerprint density at radius 2 is 1.89 bits per heavy atom. The fourth-order valence-corrected chi connectivity index (χ4v) is 2.92. The molecule has 0 saturated carbocycles. The lowest BCUT2D eigenvalue weighted by molar-refractivity contribution is 0.0819. The molecular formula is C16H25NO. The van der Waals surface area contributed by atoms with E-state index in [0.717, 1.165) is 25.9 Å². The molecule has 0 radical (unpaired) electrons. The minimum atomic E-state index is -0.194. The minimum Gasteiger partial charge on any atom is -0.392 e. The monoisotopic (exact) mass is 247 g/mol. The first-order valence-corrected chi connectivity index (χ1v) is 6.95. The van der Waals surface area contributed by atoms with Gasteiger partial charge in [-0.2, -0.15) is 0 Å². The molecule has 2 heteroatoms. The van der Waals surface area contributed by atoms with Gasteiger partial charge in [0.1, 0.15) is 0 Å². The molecule has 1 heterocycles. The molecule has 0 bridgehead atoms. The van der Waals surface area contributed by atoms with Crippen LogP contribution in [0.4, 0.5) is 0 Å². The summed E-state index contributed by atoms with van der Waals surface area (Å²) in [6.45, 7) is 10.6. The summed E-state index contributed by atoms with van der Waals surface area (Å²) in [6.07, 6.45) is 1.89. The second kappa shape index (κ2) is 5.41. The number of nitrogens with one attached hydrogen (secondary N) is 1. The van der Waals surface area contributed by atoms with Gasteiger partial charge >= 0.3 is 0 Å². The van der Waals surface area contributed by atoms with Crippen LogP contribution >= 0.6 is 0 Å². The van der Waals surface area contributed by atoms with Gasteiger partial charge in [-0.3, -0.25) is 0 Å². The summed E-state index contributed by atoms with van der Waals surface area (Å²) >= 11 is 0. The highest BCUT2D eigenvalue weighted by Gasteiger charge is 2.23. The van der Waals surface area contributed by atoms with E-state index in [9.17, 15) is 5.11 Å². The Morgan fingerprint density at radius 1 is 1.17 bits per heavy atom. The number of rotatable bonds is 2. The zero-order valence-electron chi connectivity index (χ0n) is 12.0. The van der Waals surface area contributed by atoms with Gasteiger partial charge in [-0.15, -0.1) is 0 Å². The van der Waals surface area contributed by atoms with Crippen LogP contribution in [0.15, 0.2) is 6.07 Å². The maximum Gasteiger partial charge on any atom is 0.0696 e. The average Bonchev–Trinajstić information content (AvgIpc) is 2.36. The van der Waals surface area contributed by atoms with Crippen molar-refractivity contribution >= 4 is 0 Å². The van der Waals surface area contributed by atoms with Crippen molar-refractivity contribution < 1.29 is 5.11 Å². The van der Waals surface area contributed by atoms with E-state index >= 15 is 0 Å². The number of aliphatic hydroxyl groups excluding tert-OH is 1. The molecule has 2 rings (SSSR count).